The van der Waals surface area contributed by atoms with Crippen LogP contribution in [0.2, 0.25) is 0 Å². The first-order valence-electron chi connectivity index (χ1n) is 20.9. The SMILES string of the molecule is c1ccc(-c2ccc(-c3nc(-c4ccc(-c5nc6ccccc6c6cc7c(cc56)-c5ccccc5C7(c5ccccc5)c5ccccc5)cc4)c4ccccc4n3)cc2)cc1. The summed E-state index contributed by atoms with van der Waals surface area (Å²) in [5.74, 6) is 0.704. The Hall–Kier alpha value is -8.01. The van der Waals surface area contributed by atoms with Crippen molar-refractivity contribution in [2.24, 2.45) is 0 Å². The van der Waals surface area contributed by atoms with Crippen LogP contribution in [0.5, 0.6) is 0 Å². The van der Waals surface area contributed by atoms with Crippen LogP contribution in [0.1, 0.15) is 22.3 Å². The molecule has 1 aliphatic rings. The molecule has 0 atom stereocenters. The second-order valence-corrected chi connectivity index (χ2v) is 15.9. The standard InChI is InChI=1S/C58H37N3/c1-4-16-38(17-5-1)39-28-34-42(35-29-39)57-60-54-27-15-12-24-47(54)55(61-57)40-30-32-41(33-31-40)56-50-36-49-45-22-10-13-25-51(45)58(43-18-6-2-7-19-43,44-20-8-3-9-21-44)52(49)37-48(50)46-23-11-14-26-53(46)59-56/h1-37H. The van der Waals surface area contributed by atoms with Crippen LogP contribution in [-0.2, 0) is 5.41 Å². The van der Waals surface area contributed by atoms with Gasteiger partial charge in [-0.1, -0.05) is 200 Å². The molecule has 0 N–H and O–H groups in total. The smallest absolute Gasteiger partial charge is 0.160 e. The Balaban J connectivity index is 1.03. The Morgan fingerprint density at radius 1 is 0.279 bits per heavy atom. The van der Waals surface area contributed by atoms with E-state index in [-0.39, 0.29) is 0 Å². The summed E-state index contributed by atoms with van der Waals surface area (Å²) in [5, 5.41) is 4.48. The van der Waals surface area contributed by atoms with Crippen LogP contribution in [0.25, 0.3) is 88.7 Å². The summed E-state index contributed by atoms with van der Waals surface area (Å²) < 4.78 is 0. The number of benzene rings is 9. The fourth-order valence-electron chi connectivity index (χ4n) is 9.76. The van der Waals surface area contributed by atoms with E-state index in [2.05, 4.69) is 212 Å². The van der Waals surface area contributed by atoms with E-state index in [9.17, 15) is 0 Å². The minimum atomic E-state index is -0.488. The molecule has 9 aromatic carbocycles. The predicted octanol–water partition coefficient (Wildman–Crippen LogP) is 14.4. The van der Waals surface area contributed by atoms with Gasteiger partial charge in [-0.3, -0.25) is 0 Å². The number of hydrogen-bond acceptors (Lipinski definition) is 3. The summed E-state index contributed by atoms with van der Waals surface area (Å²) in [4.78, 5) is 15.7. The lowest BCUT2D eigenvalue weighted by Gasteiger charge is -2.34. The van der Waals surface area contributed by atoms with Crippen LogP contribution in [0.3, 0.4) is 0 Å². The molecule has 2 heterocycles. The Morgan fingerprint density at radius 2 is 0.770 bits per heavy atom. The molecule has 0 aliphatic heterocycles. The highest BCUT2D eigenvalue weighted by molar-refractivity contribution is 6.13. The minimum Gasteiger partial charge on any atom is -0.247 e. The lowest BCUT2D eigenvalue weighted by molar-refractivity contribution is 0.769. The first-order valence-corrected chi connectivity index (χ1v) is 20.9. The average molecular weight is 776 g/mol. The molecular formula is C58H37N3. The Kier molecular flexibility index (Phi) is 8.07. The number of nitrogens with zero attached hydrogens (tertiary/aromatic N) is 3. The topological polar surface area (TPSA) is 38.7 Å². The zero-order chi connectivity index (χ0) is 40.3. The summed E-state index contributed by atoms with van der Waals surface area (Å²) in [7, 11) is 0. The Morgan fingerprint density at radius 3 is 1.44 bits per heavy atom. The van der Waals surface area contributed by atoms with E-state index >= 15 is 0 Å². The number of para-hydroxylation sites is 2. The van der Waals surface area contributed by atoms with E-state index in [0.717, 1.165) is 60.8 Å². The van der Waals surface area contributed by atoms with E-state index in [1.807, 2.05) is 12.1 Å². The van der Waals surface area contributed by atoms with Crippen LogP contribution in [-0.4, -0.2) is 15.0 Å². The van der Waals surface area contributed by atoms with Gasteiger partial charge in [0.15, 0.2) is 5.82 Å². The number of aromatic nitrogens is 3. The van der Waals surface area contributed by atoms with Crippen molar-refractivity contribution in [1.29, 1.82) is 0 Å². The van der Waals surface area contributed by atoms with Gasteiger partial charge in [-0.2, -0.15) is 0 Å². The summed E-state index contributed by atoms with van der Waals surface area (Å²) in [5.41, 5.74) is 16.3. The van der Waals surface area contributed by atoms with Gasteiger partial charge in [-0.05, 0) is 74.2 Å². The molecule has 0 saturated carbocycles. The molecule has 1 aliphatic carbocycles. The minimum absolute atomic E-state index is 0.488. The molecule has 0 spiro atoms. The van der Waals surface area contributed by atoms with E-state index in [0.29, 0.717) is 5.82 Å². The normalized spacial score (nSPS) is 12.7. The maximum atomic E-state index is 5.42. The van der Waals surface area contributed by atoms with Crippen molar-refractivity contribution in [2.75, 3.05) is 0 Å². The van der Waals surface area contributed by atoms with Crippen molar-refractivity contribution in [3.05, 3.63) is 247 Å². The lowest BCUT2D eigenvalue weighted by Crippen LogP contribution is -2.28. The molecule has 0 bridgehead atoms. The Labute approximate surface area is 354 Å². The van der Waals surface area contributed by atoms with Crippen LogP contribution in [0.4, 0.5) is 0 Å². The van der Waals surface area contributed by atoms with Crippen molar-refractivity contribution < 1.29 is 0 Å². The fraction of sp³-hybridized carbons (Fsp3) is 0.0172. The molecule has 3 nitrogen and oxygen atoms in total. The monoisotopic (exact) mass is 775 g/mol. The molecule has 0 saturated heterocycles. The number of rotatable bonds is 6. The summed E-state index contributed by atoms with van der Waals surface area (Å²) in [6.45, 7) is 0. The van der Waals surface area contributed by atoms with Gasteiger partial charge in [-0.25, -0.2) is 15.0 Å². The number of fused-ring (bicyclic) bond motifs is 7. The maximum Gasteiger partial charge on any atom is 0.160 e. The molecule has 61 heavy (non-hydrogen) atoms. The third-order valence-electron chi connectivity index (χ3n) is 12.6. The largest absolute Gasteiger partial charge is 0.247 e. The molecule has 0 fully saturated rings. The molecular weight excluding hydrogens is 739 g/mol. The third-order valence-corrected chi connectivity index (χ3v) is 12.6. The zero-order valence-electron chi connectivity index (χ0n) is 33.2. The molecule has 3 heteroatoms. The zero-order valence-corrected chi connectivity index (χ0v) is 33.2. The van der Waals surface area contributed by atoms with Crippen molar-refractivity contribution in [2.45, 2.75) is 5.41 Å². The second kappa shape index (κ2) is 14.1. The highest BCUT2D eigenvalue weighted by Gasteiger charge is 2.46. The molecule has 0 amide bonds. The number of hydrogen-bond donors (Lipinski definition) is 0. The van der Waals surface area contributed by atoms with Gasteiger partial charge < -0.3 is 0 Å². The van der Waals surface area contributed by atoms with Crippen molar-refractivity contribution in [1.82, 2.24) is 15.0 Å². The molecule has 0 radical (unpaired) electrons. The van der Waals surface area contributed by atoms with Crippen LogP contribution in [0.15, 0.2) is 224 Å². The highest BCUT2D eigenvalue weighted by Crippen LogP contribution is 2.57. The fourth-order valence-corrected chi connectivity index (χ4v) is 9.76. The van der Waals surface area contributed by atoms with Gasteiger partial charge in [0.1, 0.15) is 0 Å². The molecule has 12 rings (SSSR count). The van der Waals surface area contributed by atoms with Gasteiger partial charge in [0, 0.05) is 32.8 Å². The summed E-state index contributed by atoms with van der Waals surface area (Å²) >= 11 is 0. The molecule has 284 valence electrons. The van der Waals surface area contributed by atoms with Gasteiger partial charge in [-0.15, -0.1) is 0 Å². The lowest BCUT2D eigenvalue weighted by atomic mass is 9.67. The van der Waals surface area contributed by atoms with E-state index in [1.54, 1.807) is 0 Å². The molecule has 11 aromatic rings. The van der Waals surface area contributed by atoms with Crippen molar-refractivity contribution in [3.8, 4) is 56.2 Å². The number of pyridine rings is 1. The highest BCUT2D eigenvalue weighted by atomic mass is 14.9. The van der Waals surface area contributed by atoms with Crippen molar-refractivity contribution in [3.63, 3.8) is 0 Å². The van der Waals surface area contributed by atoms with Crippen molar-refractivity contribution >= 4 is 32.6 Å². The summed E-state index contributed by atoms with van der Waals surface area (Å²) in [6, 6.07) is 80.5. The molecule has 0 unspecified atom stereocenters. The van der Waals surface area contributed by atoms with Gasteiger partial charge in [0.05, 0.1) is 27.8 Å². The van der Waals surface area contributed by atoms with Gasteiger partial charge >= 0.3 is 0 Å². The quantitative estimate of drug-likeness (QED) is 0.158. The third kappa shape index (κ3) is 5.55. The van der Waals surface area contributed by atoms with Crippen LogP contribution < -0.4 is 0 Å². The maximum absolute atomic E-state index is 5.42. The van der Waals surface area contributed by atoms with Crippen LogP contribution >= 0.6 is 0 Å². The van der Waals surface area contributed by atoms with E-state index in [4.69, 9.17) is 15.0 Å². The second-order valence-electron chi connectivity index (χ2n) is 15.9. The van der Waals surface area contributed by atoms with Crippen LogP contribution in [0, 0.1) is 0 Å². The molecule has 2 aromatic heterocycles. The van der Waals surface area contributed by atoms with Gasteiger partial charge in [0.2, 0.25) is 0 Å². The van der Waals surface area contributed by atoms with E-state index in [1.165, 1.54) is 44.3 Å². The first kappa shape index (κ1) is 35.0. The average Bonchev–Trinajstić information content (AvgIpc) is 3.63. The summed E-state index contributed by atoms with van der Waals surface area (Å²) in [6.07, 6.45) is 0. The predicted molar refractivity (Wildman–Crippen MR) is 251 cm³/mol. The Bertz CT molecular complexity index is 3390. The van der Waals surface area contributed by atoms with E-state index < -0.39 is 5.41 Å². The first-order chi connectivity index (χ1) is 30.2. The van der Waals surface area contributed by atoms with Gasteiger partial charge in [0.25, 0.3) is 0 Å².